The molecule has 8 aromatic carbocycles. The number of hydrogen-bond donors (Lipinski definition) is 1. The summed E-state index contributed by atoms with van der Waals surface area (Å²) in [6.45, 7) is 7.69. The zero-order valence-electron chi connectivity index (χ0n) is 41.3. The summed E-state index contributed by atoms with van der Waals surface area (Å²) in [5.74, 6) is 0.793. The molecule has 11 nitrogen and oxygen atoms in total. The molecular weight excluding hydrogens is 953 g/mol. The van der Waals surface area contributed by atoms with E-state index < -0.39 is 0 Å². The second-order valence-electron chi connectivity index (χ2n) is 17.8. The standard InChI is InChI=1S/C66H44N8O3/c1-68-64-62(66(76)74(69-64)57-22-12-5-13-23-57)44-49-29-37-54(38-30-49)71(51-16-6-2-7-17-51)53-33-25-47(26-34-53)31-39-59-41-42-60(77-59)40-32-48-27-35-55(36-28-48)72(52-18-8-3-9-19-52)58-24-14-15-50(43-58)45-61-63(46-67)73(70-65(61)75)56-20-10-4-11-21-56/h2-45H/p+1. The van der Waals surface area contributed by atoms with Crippen molar-refractivity contribution >= 4 is 105 Å². The summed E-state index contributed by atoms with van der Waals surface area (Å²) in [5.41, 5.74) is 14.1. The van der Waals surface area contributed by atoms with E-state index in [0.29, 0.717) is 22.9 Å². The number of hydrazine groups is 1. The average molecular weight is 998 g/mol. The number of hydrazone groups is 2. The molecule has 0 saturated carbocycles. The first-order valence-electron chi connectivity index (χ1n) is 24.7. The number of nitriles is 1. The molecule has 2 aliphatic rings. The summed E-state index contributed by atoms with van der Waals surface area (Å²) >= 11 is 0. The van der Waals surface area contributed by atoms with E-state index >= 15 is 0 Å². The summed E-state index contributed by atoms with van der Waals surface area (Å²) in [7, 11) is 0. The Bertz CT molecular complexity index is 3920. The fraction of sp³-hybridized carbons (Fsp3) is 0. The number of amides is 2. The molecule has 0 unspecified atom stereocenters. The number of anilines is 7. The van der Waals surface area contributed by atoms with Gasteiger partial charge >= 0.3 is 17.5 Å². The van der Waals surface area contributed by atoms with E-state index in [9.17, 15) is 14.9 Å². The van der Waals surface area contributed by atoms with Crippen molar-refractivity contribution in [2.75, 3.05) is 14.8 Å². The van der Waals surface area contributed by atoms with Gasteiger partial charge in [0.05, 0.1) is 11.3 Å². The number of rotatable bonds is 14. The van der Waals surface area contributed by atoms with Gasteiger partial charge in [-0.2, -0.15) is 5.26 Å². The molecule has 0 spiro atoms. The summed E-state index contributed by atoms with van der Waals surface area (Å²) in [5, 5.41) is 15.7. The first-order chi connectivity index (χ1) is 37.9. The number of amidine groups is 1. The lowest BCUT2D eigenvalue weighted by atomic mass is 10.1. The average Bonchev–Trinajstić information content (AvgIpc) is 4.19. The molecule has 0 aliphatic carbocycles. The van der Waals surface area contributed by atoms with Gasteiger partial charge in [-0.3, -0.25) is 9.59 Å². The van der Waals surface area contributed by atoms with Crippen molar-refractivity contribution in [3.8, 4) is 6.07 Å². The minimum atomic E-state index is -0.348. The van der Waals surface area contributed by atoms with E-state index in [-0.39, 0.29) is 34.5 Å². The predicted octanol–water partition coefficient (Wildman–Crippen LogP) is 15.0. The Kier molecular flexibility index (Phi) is 13.7. The van der Waals surface area contributed by atoms with Gasteiger partial charge in [0.15, 0.2) is 6.07 Å². The number of nitrogens with one attached hydrogen (secondary N) is 1. The molecule has 0 fully saturated rings. The van der Waals surface area contributed by atoms with Crippen LogP contribution in [0.1, 0.15) is 33.8 Å². The molecule has 1 aromatic heterocycles. The van der Waals surface area contributed by atoms with Crippen LogP contribution in [0, 0.1) is 17.9 Å². The lowest BCUT2D eigenvalue weighted by molar-refractivity contribution is -0.485. The minimum Gasteiger partial charge on any atom is -0.457 e. The largest absolute Gasteiger partial charge is 0.457 e. The lowest BCUT2D eigenvalue weighted by Gasteiger charge is -2.26. The molecule has 0 atom stereocenters. The predicted molar refractivity (Wildman–Crippen MR) is 308 cm³/mol. The topological polar surface area (TPSA) is 113 Å². The Labute approximate surface area is 445 Å². The highest BCUT2D eigenvalue weighted by atomic mass is 16.3. The Balaban J connectivity index is 0.767. The van der Waals surface area contributed by atoms with Gasteiger partial charge in [0, 0.05) is 46.3 Å². The van der Waals surface area contributed by atoms with Crippen LogP contribution in [0.5, 0.6) is 0 Å². The number of nitrogens with zero attached hydrogens (tertiary/aromatic N) is 7. The maximum Gasteiger partial charge on any atom is 0.326 e. The van der Waals surface area contributed by atoms with Crippen molar-refractivity contribution in [2.45, 2.75) is 0 Å². The van der Waals surface area contributed by atoms with E-state index in [4.69, 9.17) is 11.0 Å². The van der Waals surface area contributed by atoms with Crippen LogP contribution in [-0.4, -0.2) is 28.0 Å². The highest BCUT2D eigenvalue weighted by molar-refractivity contribution is 6.35. The smallest absolute Gasteiger partial charge is 0.326 e. The van der Waals surface area contributed by atoms with E-state index in [1.54, 1.807) is 24.3 Å². The third kappa shape index (κ3) is 10.6. The molecular formula is C66H45N8O3+. The number of para-hydroxylation sites is 4. The van der Waals surface area contributed by atoms with Crippen molar-refractivity contribution in [1.82, 2.24) is 5.43 Å². The van der Waals surface area contributed by atoms with E-state index in [1.807, 2.05) is 170 Å². The van der Waals surface area contributed by atoms with Gasteiger partial charge in [0.2, 0.25) is 5.69 Å². The third-order valence-electron chi connectivity index (χ3n) is 12.8. The van der Waals surface area contributed by atoms with Crippen LogP contribution in [-0.2, 0) is 9.59 Å². The third-order valence-corrected chi connectivity index (χ3v) is 12.8. The van der Waals surface area contributed by atoms with E-state index in [1.165, 1.54) is 9.69 Å². The lowest BCUT2D eigenvalue weighted by Crippen LogP contribution is -2.24. The highest BCUT2D eigenvalue weighted by Crippen LogP contribution is 2.37. The zero-order valence-corrected chi connectivity index (χ0v) is 41.3. The normalized spacial score (nSPS) is 14.3. The Hall–Kier alpha value is -11.1. The van der Waals surface area contributed by atoms with Gasteiger partial charge in [0.25, 0.3) is 5.91 Å². The second-order valence-corrected chi connectivity index (χ2v) is 17.8. The molecule has 9 aromatic rings. The number of benzene rings is 8. The summed E-state index contributed by atoms with van der Waals surface area (Å²) in [6.07, 6.45) is 11.4. The molecule has 11 rings (SSSR count). The van der Waals surface area contributed by atoms with Crippen LogP contribution >= 0.6 is 0 Å². The molecule has 0 radical (unpaired) electrons. The van der Waals surface area contributed by atoms with Crippen molar-refractivity contribution < 1.29 is 18.7 Å². The van der Waals surface area contributed by atoms with Crippen molar-refractivity contribution in [1.29, 1.82) is 5.26 Å². The van der Waals surface area contributed by atoms with Gasteiger partial charge in [0.1, 0.15) is 17.1 Å². The van der Waals surface area contributed by atoms with Gasteiger partial charge in [-0.05, 0) is 143 Å². The molecule has 77 heavy (non-hydrogen) atoms. The Morgan fingerprint density at radius 2 is 0.987 bits per heavy atom. The summed E-state index contributed by atoms with van der Waals surface area (Å²) < 4.78 is 7.72. The monoisotopic (exact) mass is 997 g/mol. The molecule has 3 heterocycles. The maximum atomic E-state index is 13.4. The van der Waals surface area contributed by atoms with Crippen LogP contribution in [0.2, 0.25) is 0 Å². The van der Waals surface area contributed by atoms with Crippen LogP contribution in [0.3, 0.4) is 0 Å². The molecule has 2 amide bonds. The quantitative estimate of drug-likeness (QED) is 0.0660. The molecule has 2 aliphatic heterocycles. The second kappa shape index (κ2) is 21.9. The van der Waals surface area contributed by atoms with Gasteiger partial charge in [-0.25, -0.2) is 0 Å². The molecule has 366 valence electrons. The summed E-state index contributed by atoms with van der Waals surface area (Å²) in [6, 6.07) is 77.0. The Morgan fingerprint density at radius 1 is 0.519 bits per heavy atom. The summed E-state index contributed by atoms with van der Waals surface area (Å²) in [4.78, 5) is 34.4. The minimum absolute atomic E-state index is 0.0565. The highest BCUT2D eigenvalue weighted by Gasteiger charge is 2.37. The first-order valence-corrected chi connectivity index (χ1v) is 24.7. The molecule has 11 heteroatoms. The van der Waals surface area contributed by atoms with Crippen molar-refractivity contribution in [3.63, 3.8) is 0 Å². The van der Waals surface area contributed by atoms with Crippen LogP contribution in [0.4, 0.5) is 45.5 Å². The molecule has 0 saturated heterocycles. The Morgan fingerprint density at radius 3 is 1.52 bits per heavy atom. The van der Waals surface area contributed by atoms with E-state index in [2.05, 4.69) is 104 Å². The van der Waals surface area contributed by atoms with Crippen molar-refractivity contribution in [3.05, 3.63) is 287 Å². The number of furan rings is 1. The zero-order chi connectivity index (χ0) is 52.5. The first kappa shape index (κ1) is 48.1. The van der Waals surface area contributed by atoms with Gasteiger partial charge < -0.3 is 19.1 Å². The molecule has 0 bridgehead atoms. The fourth-order valence-corrected chi connectivity index (χ4v) is 9.05. The number of carbonyl (C=O) groups is 2. The number of carbonyl (C=O) groups excluding carboxylic acids is 2. The SMILES string of the molecule is [C-]#[N+]C1=NN(c2ccccc2)C(=O)C1=Cc1ccc(N(c2ccccc2)c2ccc(C=Cc3ccc(C=Cc4ccc(N(c5ccccc5)c5cccc(C=C6C(=O)N[N+](c7ccccc7)=C6C#N)c5)cc4)o3)cc2)cc1. The van der Waals surface area contributed by atoms with Gasteiger partial charge in [-0.15, -0.1) is 10.4 Å². The molecule has 1 N–H and O–H groups in total. The van der Waals surface area contributed by atoms with E-state index in [0.717, 1.165) is 56.4 Å². The van der Waals surface area contributed by atoms with Crippen LogP contribution in [0.25, 0.3) is 41.3 Å². The van der Waals surface area contributed by atoms with Crippen LogP contribution < -0.4 is 20.2 Å². The van der Waals surface area contributed by atoms with Crippen LogP contribution in [0.15, 0.2) is 251 Å². The van der Waals surface area contributed by atoms with Gasteiger partial charge in [-0.1, -0.05) is 151 Å². The fourth-order valence-electron chi connectivity index (χ4n) is 9.05. The number of hydrogen-bond acceptors (Lipinski definition) is 7. The van der Waals surface area contributed by atoms with Crippen molar-refractivity contribution in [2.24, 2.45) is 5.10 Å². The maximum absolute atomic E-state index is 13.4.